The van der Waals surface area contributed by atoms with Gasteiger partial charge in [0.1, 0.15) is 0 Å². The smallest absolute Gasteiger partial charge is 0.255 e. The molecule has 5 heteroatoms. The summed E-state index contributed by atoms with van der Waals surface area (Å²) in [4.78, 5) is 11.6. The summed E-state index contributed by atoms with van der Waals surface area (Å²) in [7, 11) is 0. The van der Waals surface area contributed by atoms with E-state index in [9.17, 15) is 4.79 Å². The molecule has 1 fully saturated rings. The second-order valence-corrected chi connectivity index (χ2v) is 4.95. The van der Waals surface area contributed by atoms with Crippen LogP contribution < -0.4 is 5.32 Å². The third-order valence-electron chi connectivity index (χ3n) is 2.45. The minimum Gasteiger partial charge on any atom is -0.457 e. The summed E-state index contributed by atoms with van der Waals surface area (Å²) in [5.41, 5.74) is 0.509. The second kappa shape index (κ2) is 4.58. The van der Waals surface area contributed by atoms with Gasteiger partial charge in [-0.05, 0) is 40.8 Å². The molecule has 1 amide bonds. The van der Waals surface area contributed by atoms with Crippen LogP contribution in [0.2, 0.25) is 0 Å². The van der Waals surface area contributed by atoms with Crippen LogP contribution in [0, 0.1) is 5.92 Å². The third kappa shape index (κ3) is 2.75. The highest BCUT2D eigenvalue weighted by Crippen LogP contribution is 2.35. The quantitative estimate of drug-likeness (QED) is 0.867. The molecule has 0 aromatic carbocycles. The third-order valence-corrected chi connectivity index (χ3v) is 3.58. The van der Waals surface area contributed by atoms with Crippen LogP contribution in [0.15, 0.2) is 21.4 Å². The molecule has 1 aromatic rings. The van der Waals surface area contributed by atoms with Crippen LogP contribution in [0.5, 0.6) is 0 Å². The molecule has 1 N–H and O–H groups in total. The maximum absolute atomic E-state index is 11.6. The summed E-state index contributed by atoms with van der Waals surface area (Å²) >= 11 is 9.23. The van der Waals surface area contributed by atoms with Gasteiger partial charge in [0.05, 0.1) is 17.2 Å². The Labute approximate surface area is 101 Å². The van der Waals surface area contributed by atoms with Crippen molar-refractivity contribution < 1.29 is 9.21 Å². The zero-order chi connectivity index (χ0) is 10.8. The van der Waals surface area contributed by atoms with E-state index in [0.717, 1.165) is 0 Å². The Bertz CT molecular complexity index is 362. The fraction of sp³-hybridized carbons (Fsp3) is 0.500. The predicted octanol–water partition coefficient (Wildman–Crippen LogP) is 2.79. The van der Waals surface area contributed by atoms with E-state index in [0.29, 0.717) is 22.7 Å². The van der Waals surface area contributed by atoms with Gasteiger partial charge in [-0.15, -0.1) is 11.6 Å². The van der Waals surface area contributed by atoms with Crippen LogP contribution in [0.25, 0.3) is 0 Å². The lowest BCUT2D eigenvalue weighted by Crippen LogP contribution is -2.30. The molecule has 15 heavy (non-hydrogen) atoms. The van der Waals surface area contributed by atoms with Crippen molar-refractivity contribution in [2.24, 2.45) is 5.92 Å². The first-order valence-corrected chi connectivity index (χ1v) is 6.06. The van der Waals surface area contributed by atoms with Crippen LogP contribution in [-0.2, 0) is 0 Å². The maximum Gasteiger partial charge on any atom is 0.255 e. The molecule has 0 bridgehead atoms. The maximum atomic E-state index is 11.6. The zero-order valence-electron chi connectivity index (χ0n) is 8.00. The zero-order valence-corrected chi connectivity index (χ0v) is 10.3. The van der Waals surface area contributed by atoms with Gasteiger partial charge in [-0.2, -0.15) is 0 Å². The SMILES string of the molecule is O=C(NCC(Cl)C1CC1)c1ccoc1Br. The summed E-state index contributed by atoms with van der Waals surface area (Å²) in [5.74, 6) is 0.432. The van der Waals surface area contributed by atoms with E-state index < -0.39 is 0 Å². The van der Waals surface area contributed by atoms with Gasteiger partial charge in [0.15, 0.2) is 4.67 Å². The number of amides is 1. The molecule has 0 saturated heterocycles. The number of furan rings is 1. The van der Waals surface area contributed by atoms with Gasteiger partial charge in [-0.1, -0.05) is 0 Å². The molecular formula is C10H11BrClNO2. The molecule has 0 aliphatic heterocycles. The first-order valence-electron chi connectivity index (χ1n) is 4.83. The van der Waals surface area contributed by atoms with Gasteiger partial charge in [0, 0.05) is 6.54 Å². The minimum atomic E-state index is -0.151. The summed E-state index contributed by atoms with van der Waals surface area (Å²) in [6, 6.07) is 1.62. The Morgan fingerprint density at radius 1 is 1.73 bits per heavy atom. The van der Waals surface area contributed by atoms with Crippen LogP contribution in [0.4, 0.5) is 0 Å². The number of carbonyl (C=O) groups is 1. The number of halogens is 2. The first-order chi connectivity index (χ1) is 7.18. The van der Waals surface area contributed by atoms with Gasteiger partial charge < -0.3 is 9.73 Å². The molecule has 1 aliphatic carbocycles. The van der Waals surface area contributed by atoms with E-state index in [1.165, 1.54) is 19.1 Å². The second-order valence-electron chi connectivity index (χ2n) is 3.67. The molecule has 1 aliphatic rings. The van der Waals surface area contributed by atoms with E-state index in [1.807, 2.05) is 0 Å². The minimum absolute atomic E-state index is 0.0552. The van der Waals surface area contributed by atoms with Crippen molar-refractivity contribution in [2.75, 3.05) is 6.54 Å². The van der Waals surface area contributed by atoms with Crippen LogP contribution >= 0.6 is 27.5 Å². The number of nitrogens with one attached hydrogen (secondary N) is 1. The molecule has 1 unspecified atom stereocenters. The number of carbonyl (C=O) groups excluding carboxylic acids is 1. The molecule has 1 heterocycles. The highest BCUT2D eigenvalue weighted by atomic mass is 79.9. The fourth-order valence-electron chi connectivity index (χ4n) is 1.37. The Balaban J connectivity index is 1.84. The van der Waals surface area contributed by atoms with Crippen LogP contribution in [0.1, 0.15) is 23.2 Å². The van der Waals surface area contributed by atoms with Crippen molar-refractivity contribution in [1.29, 1.82) is 0 Å². The van der Waals surface area contributed by atoms with Crippen molar-refractivity contribution in [1.82, 2.24) is 5.32 Å². The molecule has 3 nitrogen and oxygen atoms in total. The van der Waals surface area contributed by atoms with Crippen LogP contribution in [0.3, 0.4) is 0 Å². The van der Waals surface area contributed by atoms with Gasteiger partial charge in [-0.3, -0.25) is 4.79 Å². The number of rotatable bonds is 4. The Hall–Kier alpha value is -0.480. The first kappa shape index (κ1) is 11.0. The summed E-state index contributed by atoms with van der Waals surface area (Å²) in [6.45, 7) is 0.517. The molecule has 1 aromatic heterocycles. The largest absolute Gasteiger partial charge is 0.457 e. The fourth-order valence-corrected chi connectivity index (χ4v) is 2.12. The van der Waals surface area contributed by atoms with E-state index in [4.69, 9.17) is 16.0 Å². The lowest BCUT2D eigenvalue weighted by atomic mass is 10.2. The normalized spacial score (nSPS) is 17.5. The molecule has 2 rings (SSSR count). The van der Waals surface area contributed by atoms with Gasteiger partial charge >= 0.3 is 0 Å². The van der Waals surface area contributed by atoms with Gasteiger partial charge in [0.25, 0.3) is 5.91 Å². The van der Waals surface area contributed by atoms with Crippen LogP contribution in [-0.4, -0.2) is 17.8 Å². The monoisotopic (exact) mass is 291 g/mol. The molecule has 0 radical (unpaired) electrons. The number of hydrogen-bond donors (Lipinski definition) is 1. The molecule has 1 saturated carbocycles. The van der Waals surface area contributed by atoms with Crippen molar-refractivity contribution in [3.8, 4) is 0 Å². The number of alkyl halides is 1. The standard InChI is InChI=1S/C10H11BrClNO2/c11-9-7(3-4-15-9)10(14)13-5-8(12)6-1-2-6/h3-4,6,8H,1-2,5H2,(H,13,14). The van der Waals surface area contributed by atoms with Crippen molar-refractivity contribution in [3.05, 3.63) is 22.6 Å². The molecule has 0 spiro atoms. The van der Waals surface area contributed by atoms with E-state index >= 15 is 0 Å². The predicted molar refractivity (Wildman–Crippen MR) is 61.1 cm³/mol. The van der Waals surface area contributed by atoms with E-state index in [-0.39, 0.29) is 11.3 Å². The lowest BCUT2D eigenvalue weighted by Gasteiger charge is -2.08. The van der Waals surface area contributed by atoms with Gasteiger partial charge in [-0.25, -0.2) is 0 Å². The Morgan fingerprint density at radius 2 is 2.47 bits per heavy atom. The topological polar surface area (TPSA) is 42.2 Å². The van der Waals surface area contributed by atoms with Crippen molar-refractivity contribution in [2.45, 2.75) is 18.2 Å². The summed E-state index contributed by atoms with van der Waals surface area (Å²) in [6.07, 6.45) is 3.83. The average Bonchev–Trinajstić information content (AvgIpc) is 2.98. The number of hydrogen-bond acceptors (Lipinski definition) is 2. The highest BCUT2D eigenvalue weighted by Gasteiger charge is 2.29. The van der Waals surface area contributed by atoms with Crippen molar-refractivity contribution >= 4 is 33.4 Å². The van der Waals surface area contributed by atoms with E-state index in [1.54, 1.807) is 6.07 Å². The van der Waals surface area contributed by atoms with Gasteiger partial charge in [0.2, 0.25) is 0 Å². The van der Waals surface area contributed by atoms with E-state index in [2.05, 4.69) is 21.2 Å². The summed E-state index contributed by atoms with van der Waals surface area (Å²) in [5, 5.41) is 2.84. The lowest BCUT2D eigenvalue weighted by molar-refractivity contribution is 0.0951. The van der Waals surface area contributed by atoms with Crippen molar-refractivity contribution in [3.63, 3.8) is 0 Å². The molecular weight excluding hydrogens is 281 g/mol. The average molecular weight is 293 g/mol. The summed E-state index contributed by atoms with van der Waals surface area (Å²) < 4.78 is 5.43. The molecule has 82 valence electrons. The Morgan fingerprint density at radius 3 is 3.00 bits per heavy atom. The Kier molecular flexibility index (Phi) is 3.36. The molecule has 1 atom stereocenters. The highest BCUT2D eigenvalue weighted by molar-refractivity contribution is 9.10.